The molecule has 1 atom stereocenters. The molecule has 0 aliphatic heterocycles. The Labute approximate surface area is 309 Å². The van der Waals surface area contributed by atoms with Crippen molar-refractivity contribution in [2.24, 2.45) is 0 Å². The van der Waals surface area contributed by atoms with Crippen LogP contribution >= 0.6 is 0 Å². The number of ether oxygens (including phenoxy) is 2. The van der Waals surface area contributed by atoms with Gasteiger partial charge >= 0.3 is 11.9 Å². The average molecular weight is 701 g/mol. The molecule has 0 amide bonds. The number of carbonyl (C=O) groups excluding carboxylic acids is 2. The summed E-state index contributed by atoms with van der Waals surface area (Å²) in [6, 6.07) is 0. The molecule has 0 bridgehead atoms. The first-order valence-corrected chi connectivity index (χ1v) is 21.2. The fraction of sp³-hybridized carbons (Fsp3) is 0.778. The van der Waals surface area contributed by atoms with Crippen molar-refractivity contribution in [3.05, 3.63) is 48.6 Å². The molecule has 0 aromatic heterocycles. The largest absolute Gasteiger partial charge is 0.462 e. The molecule has 1 N–H and O–H groups in total. The van der Waals surface area contributed by atoms with Crippen molar-refractivity contribution in [3.63, 3.8) is 0 Å². The summed E-state index contributed by atoms with van der Waals surface area (Å²) >= 11 is 0. The highest BCUT2D eigenvalue weighted by Crippen LogP contribution is 2.15. The third-order valence-corrected chi connectivity index (χ3v) is 9.14. The first-order valence-electron chi connectivity index (χ1n) is 21.2. The van der Waals surface area contributed by atoms with E-state index in [1.165, 1.54) is 116 Å². The maximum Gasteiger partial charge on any atom is 0.306 e. The van der Waals surface area contributed by atoms with Crippen molar-refractivity contribution < 1.29 is 24.2 Å². The summed E-state index contributed by atoms with van der Waals surface area (Å²) in [7, 11) is 0. The Hall–Kier alpha value is -2.14. The predicted molar refractivity (Wildman–Crippen MR) is 214 cm³/mol. The van der Waals surface area contributed by atoms with Gasteiger partial charge in [0.15, 0.2) is 6.10 Å². The van der Waals surface area contributed by atoms with Crippen molar-refractivity contribution in [2.75, 3.05) is 13.2 Å². The van der Waals surface area contributed by atoms with Gasteiger partial charge in [0.1, 0.15) is 6.61 Å². The zero-order chi connectivity index (χ0) is 36.4. The first-order chi connectivity index (χ1) is 24.6. The highest BCUT2D eigenvalue weighted by atomic mass is 16.6. The van der Waals surface area contributed by atoms with Gasteiger partial charge in [0.2, 0.25) is 0 Å². The summed E-state index contributed by atoms with van der Waals surface area (Å²) in [4.78, 5) is 24.3. The second kappa shape index (κ2) is 41.3. The van der Waals surface area contributed by atoms with Gasteiger partial charge in [-0.15, -0.1) is 0 Å². The maximum absolute atomic E-state index is 12.2. The Morgan fingerprint density at radius 3 is 1.30 bits per heavy atom. The molecule has 0 radical (unpaired) electrons. The minimum Gasteiger partial charge on any atom is -0.462 e. The maximum atomic E-state index is 12.2. The van der Waals surface area contributed by atoms with Gasteiger partial charge < -0.3 is 14.6 Å². The van der Waals surface area contributed by atoms with Crippen molar-refractivity contribution in [2.45, 2.75) is 213 Å². The molecule has 0 saturated carbocycles. The number of hydrogen-bond acceptors (Lipinski definition) is 5. The second-order valence-electron chi connectivity index (χ2n) is 14.0. The lowest BCUT2D eigenvalue weighted by atomic mass is 10.0. The molecular formula is C45H80O5. The van der Waals surface area contributed by atoms with Crippen molar-refractivity contribution >= 4 is 11.9 Å². The van der Waals surface area contributed by atoms with Crippen molar-refractivity contribution in [1.82, 2.24) is 0 Å². The van der Waals surface area contributed by atoms with Crippen molar-refractivity contribution in [3.8, 4) is 0 Å². The molecule has 5 nitrogen and oxygen atoms in total. The Bertz CT molecular complexity index is 842. The van der Waals surface area contributed by atoms with Crippen LogP contribution in [0, 0.1) is 0 Å². The number of esters is 2. The lowest BCUT2D eigenvalue weighted by Gasteiger charge is -2.15. The fourth-order valence-electron chi connectivity index (χ4n) is 5.96. The van der Waals surface area contributed by atoms with Crippen LogP contribution in [0.5, 0.6) is 0 Å². The Kier molecular flexibility index (Phi) is 39.5. The molecule has 0 rings (SSSR count). The van der Waals surface area contributed by atoms with Crippen LogP contribution < -0.4 is 0 Å². The fourth-order valence-corrected chi connectivity index (χ4v) is 5.96. The van der Waals surface area contributed by atoms with E-state index >= 15 is 0 Å². The van der Waals surface area contributed by atoms with E-state index in [0.717, 1.165) is 64.2 Å². The third kappa shape index (κ3) is 38.7. The molecule has 0 aromatic carbocycles. The SMILES string of the molecule is CC/C=C\C/C=C\C/C=C\C/C=C\CCCCCCCCCCCCC(=O)OC(CO)COC(=O)CCCCCCCCCCCCCCC. The number of aliphatic hydroxyl groups is 1. The van der Waals surface area contributed by atoms with Crippen LogP contribution in [0.3, 0.4) is 0 Å². The number of allylic oxidation sites excluding steroid dienone is 8. The Morgan fingerprint density at radius 1 is 0.480 bits per heavy atom. The second-order valence-corrected chi connectivity index (χ2v) is 14.0. The molecule has 5 heteroatoms. The molecule has 0 saturated heterocycles. The summed E-state index contributed by atoms with van der Waals surface area (Å²) in [6.45, 7) is 4.03. The van der Waals surface area contributed by atoms with E-state index < -0.39 is 6.10 Å². The first kappa shape index (κ1) is 47.9. The minimum absolute atomic E-state index is 0.0655. The van der Waals surface area contributed by atoms with E-state index in [0.29, 0.717) is 12.8 Å². The normalized spacial score (nSPS) is 12.6. The monoisotopic (exact) mass is 701 g/mol. The third-order valence-electron chi connectivity index (χ3n) is 9.14. The average Bonchev–Trinajstić information content (AvgIpc) is 3.12. The smallest absolute Gasteiger partial charge is 0.306 e. The topological polar surface area (TPSA) is 72.8 Å². The van der Waals surface area contributed by atoms with Crippen LogP contribution in [-0.2, 0) is 19.1 Å². The van der Waals surface area contributed by atoms with E-state index in [4.69, 9.17) is 9.47 Å². The number of carbonyl (C=O) groups is 2. The number of hydrogen-bond donors (Lipinski definition) is 1. The van der Waals surface area contributed by atoms with Crippen LogP contribution in [0.4, 0.5) is 0 Å². The van der Waals surface area contributed by atoms with Gasteiger partial charge in [0.25, 0.3) is 0 Å². The van der Waals surface area contributed by atoms with Gasteiger partial charge in [-0.05, 0) is 51.4 Å². The Morgan fingerprint density at radius 2 is 0.860 bits per heavy atom. The van der Waals surface area contributed by atoms with Crippen molar-refractivity contribution in [1.29, 1.82) is 0 Å². The number of rotatable bonds is 38. The molecule has 0 spiro atoms. The van der Waals surface area contributed by atoms with Gasteiger partial charge in [-0.2, -0.15) is 0 Å². The standard InChI is InChI=1S/C45H80O5/c1-3-5-7-9-11-13-15-17-18-19-20-21-22-23-24-25-26-28-30-32-34-36-38-40-45(48)50-43(41-46)42-49-44(47)39-37-35-33-31-29-27-16-14-12-10-8-6-4-2/h5,7,11,13,17-18,20-21,43,46H,3-4,6,8-10,12,14-16,19,22-42H2,1-2H3/b7-5-,13-11-,18-17-,21-20-. The van der Waals surface area contributed by atoms with Gasteiger partial charge in [-0.3, -0.25) is 9.59 Å². The molecule has 1 unspecified atom stereocenters. The highest BCUT2D eigenvalue weighted by Gasteiger charge is 2.16. The summed E-state index contributed by atoms with van der Waals surface area (Å²) in [5, 5.41) is 9.57. The van der Waals surface area contributed by atoms with E-state index in [1.807, 2.05) is 0 Å². The zero-order valence-corrected chi connectivity index (χ0v) is 32.9. The van der Waals surface area contributed by atoms with Crippen LogP contribution in [0.25, 0.3) is 0 Å². The molecule has 0 aromatic rings. The highest BCUT2D eigenvalue weighted by molar-refractivity contribution is 5.70. The molecule has 0 aliphatic rings. The van der Waals surface area contributed by atoms with Gasteiger partial charge in [-0.1, -0.05) is 191 Å². The lowest BCUT2D eigenvalue weighted by Crippen LogP contribution is -2.28. The molecule has 0 heterocycles. The molecule has 50 heavy (non-hydrogen) atoms. The summed E-state index contributed by atoms with van der Waals surface area (Å²) in [5.41, 5.74) is 0. The summed E-state index contributed by atoms with van der Waals surface area (Å²) in [5.74, 6) is -0.591. The number of aliphatic hydroxyl groups excluding tert-OH is 1. The van der Waals surface area contributed by atoms with Crippen LogP contribution in [0.1, 0.15) is 206 Å². The van der Waals surface area contributed by atoms with Gasteiger partial charge in [0.05, 0.1) is 6.61 Å². The van der Waals surface area contributed by atoms with E-state index in [-0.39, 0.29) is 25.2 Å². The molecule has 0 fully saturated rings. The van der Waals surface area contributed by atoms with Crippen LogP contribution in [0.15, 0.2) is 48.6 Å². The summed E-state index contributed by atoms with van der Waals surface area (Å²) < 4.78 is 10.6. The van der Waals surface area contributed by atoms with E-state index in [2.05, 4.69) is 62.5 Å². The molecule has 0 aliphatic carbocycles. The zero-order valence-electron chi connectivity index (χ0n) is 32.9. The molecular weight excluding hydrogens is 620 g/mol. The van der Waals surface area contributed by atoms with Crippen LogP contribution in [-0.4, -0.2) is 36.4 Å². The van der Waals surface area contributed by atoms with Gasteiger partial charge in [-0.25, -0.2) is 0 Å². The van der Waals surface area contributed by atoms with E-state index in [1.54, 1.807) is 0 Å². The quantitative estimate of drug-likeness (QED) is 0.0394. The number of unbranched alkanes of at least 4 members (excludes halogenated alkanes) is 22. The molecule has 290 valence electrons. The lowest BCUT2D eigenvalue weighted by molar-refractivity contribution is -0.161. The summed E-state index contributed by atoms with van der Waals surface area (Å²) in [6.07, 6.45) is 51.8. The van der Waals surface area contributed by atoms with Crippen LogP contribution in [0.2, 0.25) is 0 Å². The van der Waals surface area contributed by atoms with E-state index in [9.17, 15) is 14.7 Å². The minimum atomic E-state index is -0.771. The van der Waals surface area contributed by atoms with Gasteiger partial charge in [0, 0.05) is 12.8 Å². The Balaban J connectivity index is 3.53. The predicted octanol–water partition coefficient (Wildman–Crippen LogP) is 13.4.